The number of rotatable bonds is 6. The van der Waals surface area contributed by atoms with E-state index in [2.05, 4.69) is 53.1 Å². The molecule has 0 bridgehead atoms. The van der Waals surface area contributed by atoms with Crippen LogP contribution in [0.4, 0.5) is 5.69 Å². The Labute approximate surface area is 153 Å². The van der Waals surface area contributed by atoms with E-state index in [0.717, 1.165) is 29.9 Å². The summed E-state index contributed by atoms with van der Waals surface area (Å²) in [6.45, 7) is 6.34. The molecule has 3 rings (SSSR count). The molecule has 1 heterocycles. The molecule has 0 saturated carbocycles. The van der Waals surface area contributed by atoms with E-state index in [9.17, 15) is 0 Å². The van der Waals surface area contributed by atoms with Crippen LogP contribution < -0.4 is 4.90 Å². The van der Waals surface area contributed by atoms with Gasteiger partial charge in [0, 0.05) is 18.8 Å². The summed E-state index contributed by atoms with van der Waals surface area (Å²) >= 11 is 5.36. The standard InChI is InChI=1S/C20H22N4S/c1-3-23(4-2)18-12-10-16(11-13-18)14-21-24-15-19(22-20(24)25)17-8-6-5-7-9-17/h5-15H,3-4H2,1-2H3,(H,22,25)/b21-14-. The van der Waals surface area contributed by atoms with Gasteiger partial charge in [0.05, 0.1) is 18.1 Å². The van der Waals surface area contributed by atoms with Crippen LogP contribution in [0.2, 0.25) is 0 Å². The Morgan fingerprint density at radius 2 is 1.72 bits per heavy atom. The summed E-state index contributed by atoms with van der Waals surface area (Å²) in [4.78, 5) is 5.51. The second-order valence-electron chi connectivity index (χ2n) is 5.69. The summed E-state index contributed by atoms with van der Waals surface area (Å²) < 4.78 is 2.27. The van der Waals surface area contributed by atoms with Crippen molar-refractivity contribution in [3.05, 3.63) is 71.1 Å². The molecule has 0 radical (unpaired) electrons. The molecular weight excluding hydrogens is 328 g/mol. The van der Waals surface area contributed by atoms with Crippen LogP contribution in [0, 0.1) is 4.77 Å². The highest BCUT2D eigenvalue weighted by Gasteiger charge is 2.02. The van der Waals surface area contributed by atoms with Crippen molar-refractivity contribution in [3.63, 3.8) is 0 Å². The fraction of sp³-hybridized carbons (Fsp3) is 0.200. The molecule has 0 spiro atoms. The van der Waals surface area contributed by atoms with Gasteiger partial charge in [-0.25, -0.2) is 4.68 Å². The Morgan fingerprint density at radius 1 is 1.04 bits per heavy atom. The van der Waals surface area contributed by atoms with Crippen LogP contribution in [0.5, 0.6) is 0 Å². The maximum atomic E-state index is 5.36. The molecule has 0 amide bonds. The molecule has 128 valence electrons. The minimum absolute atomic E-state index is 0.579. The van der Waals surface area contributed by atoms with Crippen molar-refractivity contribution in [2.45, 2.75) is 13.8 Å². The van der Waals surface area contributed by atoms with Crippen molar-refractivity contribution in [2.75, 3.05) is 18.0 Å². The number of aromatic amines is 1. The molecule has 0 saturated heterocycles. The van der Waals surface area contributed by atoms with Crippen LogP contribution in [-0.4, -0.2) is 29.0 Å². The van der Waals surface area contributed by atoms with Gasteiger partial charge in [0.15, 0.2) is 4.77 Å². The summed E-state index contributed by atoms with van der Waals surface area (Å²) in [7, 11) is 0. The van der Waals surface area contributed by atoms with Crippen molar-refractivity contribution in [1.29, 1.82) is 0 Å². The average molecular weight is 350 g/mol. The number of imidazole rings is 1. The quantitative estimate of drug-likeness (QED) is 0.505. The summed E-state index contributed by atoms with van der Waals surface area (Å²) in [6, 6.07) is 18.5. The number of benzene rings is 2. The molecule has 0 aliphatic heterocycles. The topological polar surface area (TPSA) is 36.3 Å². The SMILES string of the molecule is CCN(CC)c1ccc(/C=N\n2cc(-c3ccccc3)[nH]c2=S)cc1. The zero-order valence-corrected chi connectivity index (χ0v) is 15.3. The zero-order valence-electron chi connectivity index (χ0n) is 14.5. The van der Waals surface area contributed by atoms with Gasteiger partial charge in [0.25, 0.3) is 0 Å². The van der Waals surface area contributed by atoms with Gasteiger partial charge in [-0.2, -0.15) is 5.10 Å². The first-order valence-corrected chi connectivity index (χ1v) is 8.88. The fourth-order valence-corrected chi connectivity index (χ4v) is 2.93. The highest BCUT2D eigenvalue weighted by molar-refractivity contribution is 7.71. The Balaban J connectivity index is 1.78. The lowest BCUT2D eigenvalue weighted by Gasteiger charge is -2.20. The number of nitrogens with one attached hydrogen (secondary N) is 1. The fourth-order valence-electron chi connectivity index (χ4n) is 2.72. The lowest BCUT2D eigenvalue weighted by Crippen LogP contribution is -2.21. The number of hydrogen-bond donors (Lipinski definition) is 1. The van der Waals surface area contributed by atoms with Crippen molar-refractivity contribution in [1.82, 2.24) is 9.66 Å². The maximum Gasteiger partial charge on any atom is 0.198 e. The normalized spacial score (nSPS) is 11.1. The Bertz CT molecular complexity index is 887. The number of aromatic nitrogens is 2. The van der Waals surface area contributed by atoms with Gasteiger partial charge in [-0.15, -0.1) is 0 Å². The van der Waals surface area contributed by atoms with Gasteiger partial charge < -0.3 is 9.88 Å². The van der Waals surface area contributed by atoms with E-state index in [0.29, 0.717) is 4.77 Å². The minimum Gasteiger partial charge on any atom is -0.372 e. The molecule has 1 aromatic heterocycles. The van der Waals surface area contributed by atoms with Gasteiger partial charge in [-0.1, -0.05) is 42.5 Å². The highest BCUT2D eigenvalue weighted by atomic mass is 32.1. The van der Waals surface area contributed by atoms with Crippen LogP contribution in [0.25, 0.3) is 11.3 Å². The van der Waals surface area contributed by atoms with Crippen LogP contribution in [-0.2, 0) is 0 Å². The zero-order chi connectivity index (χ0) is 17.6. The van der Waals surface area contributed by atoms with Crippen LogP contribution in [0.3, 0.4) is 0 Å². The molecule has 0 aliphatic rings. The molecule has 0 fully saturated rings. The first kappa shape index (κ1) is 17.2. The second-order valence-corrected chi connectivity index (χ2v) is 6.08. The van der Waals surface area contributed by atoms with Gasteiger partial charge in [-0.3, -0.25) is 0 Å². The number of hydrogen-bond acceptors (Lipinski definition) is 3. The molecule has 0 unspecified atom stereocenters. The molecule has 0 aliphatic carbocycles. The monoisotopic (exact) mass is 350 g/mol. The number of H-pyrrole nitrogens is 1. The molecular formula is C20H22N4S. The lowest BCUT2D eigenvalue weighted by molar-refractivity contribution is 0.863. The van der Waals surface area contributed by atoms with E-state index >= 15 is 0 Å². The Hall–Kier alpha value is -2.66. The van der Waals surface area contributed by atoms with E-state index in [1.807, 2.05) is 42.7 Å². The third kappa shape index (κ3) is 4.06. The first-order valence-electron chi connectivity index (χ1n) is 8.47. The minimum atomic E-state index is 0.579. The van der Waals surface area contributed by atoms with Crippen molar-refractivity contribution >= 4 is 24.1 Å². The molecule has 5 heteroatoms. The largest absolute Gasteiger partial charge is 0.372 e. The van der Waals surface area contributed by atoms with Crippen molar-refractivity contribution in [2.24, 2.45) is 5.10 Å². The number of nitrogens with zero attached hydrogens (tertiary/aromatic N) is 3. The van der Waals surface area contributed by atoms with Gasteiger partial charge in [0.1, 0.15) is 0 Å². The second kappa shape index (κ2) is 7.94. The summed E-state index contributed by atoms with van der Waals surface area (Å²) in [5.74, 6) is 0. The maximum absolute atomic E-state index is 5.36. The van der Waals surface area contributed by atoms with E-state index < -0.39 is 0 Å². The predicted octanol–water partition coefficient (Wildman–Crippen LogP) is 4.94. The Morgan fingerprint density at radius 3 is 2.36 bits per heavy atom. The van der Waals surface area contributed by atoms with Gasteiger partial charge in [0.2, 0.25) is 0 Å². The summed E-state index contributed by atoms with van der Waals surface area (Å²) in [5.41, 5.74) is 4.32. The van der Waals surface area contributed by atoms with Crippen molar-refractivity contribution in [3.8, 4) is 11.3 Å². The third-order valence-corrected chi connectivity index (χ3v) is 4.43. The van der Waals surface area contributed by atoms with E-state index in [-0.39, 0.29) is 0 Å². The Kier molecular flexibility index (Phi) is 5.46. The summed E-state index contributed by atoms with van der Waals surface area (Å²) in [5, 5.41) is 4.48. The highest BCUT2D eigenvalue weighted by Crippen LogP contribution is 2.17. The van der Waals surface area contributed by atoms with Crippen LogP contribution in [0.1, 0.15) is 19.4 Å². The van der Waals surface area contributed by atoms with E-state index in [4.69, 9.17) is 12.2 Å². The molecule has 25 heavy (non-hydrogen) atoms. The van der Waals surface area contributed by atoms with E-state index in [1.165, 1.54) is 5.69 Å². The third-order valence-electron chi connectivity index (χ3n) is 4.14. The van der Waals surface area contributed by atoms with Crippen LogP contribution >= 0.6 is 12.2 Å². The smallest absolute Gasteiger partial charge is 0.198 e. The summed E-state index contributed by atoms with van der Waals surface area (Å²) in [6.07, 6.45) is 3.74. The molecule has 1 N–H and O–H groups in total. The molecule has 2 aromatic carbocycles. The van der Waals surface area contributed by atoms with Gasteiger partial charge >= 0.3 is 0 Å². The first-order chi connectivity index (χ1) is 12.2. The van der Waals surface area contributed by atoms with Gasteiger partial charge in [-0.05, 0) is 49.3 Å². The van der Waals surface area contributed by atoms with Crippen molar-refractivity contribution < 1.29 is 0 Å². The molecule has 3 aromatic rings. The predicted molar refractivity (Wildman–Crippen MR) is 108 cm³/mol. The van der Waals surface area contributed by atoms with Crippen LogP contribution in [0.15, 0.2) is 65.9 Å². The number of anilines is 1. The van der Waals surface area contributed by atoms with E-state index in [1.54, 1.807) is 4.68 Å². The average Bonchev–Trinajstić information content (AvgIpc) is 3.03. The lowest BCUT2D eigenvalue weighted by atomic mass is 10.2. The molecule has 4 nitrogen and oxygen atoms in total. The molecule has 0 atom stereocenters.